The van der Waals surface area contributed by atoms with Crippen LogP contribution in [0.25, 0.3) is 17.1 Å². The van der Waals surface area contributed by atoms with E-state index < -0.39 is 53.4 Å². The molecule has 2 saturated heterocycles. The van der Waals surface area contributed by atoms with Crippen LogP contribution in [-0.2, 0) is 29.2 Å². The van der Waals surface area contributed by atoms with E-state index >= 15 is 8.78 Å². The molecule has 63 heavy (non-hydrogen) atoms. The van der Waals surface area contributed by atoms with Crippen LogP contribution < -0.4 is 10.2 Å². The smallest absolute Gasteiger partial charge is 0.412 e. The quantitative estimate of drug-likeness (QED) is 0.119. The number of piperazine rings is 1. The van der Waals surface area contributed by atoms with Crippen molar-refractivity contribution in [3.63, 3.8) is 0 Å². The lowest BCUT2D eigenvalue weighted by Crippen LogP contribution is -2.52. The van der Waals surface area contributed by atoms with E-state index in [2.05, 4.69) is 15.5 Å². The first kappa shape index (κ1) is 42.3. The molecule has 0 radical (unpaired) electrons. The summed E-state index contributed by atoms with van der Waals surface area (Å²) in [6.45, 7) is 4.64. The Kier molecular flexibility index (Phi) is 11.3. The number of imide groups is 1. The number of anilines is 1. The molecule has 0 bridgehead atoms. The summed E-state index contributed by atoms with van der Waals surface area (Å²) in [4.78, 5) is 69.4. The van der Waals surface area contributed by atoms with Crippen molar-refractivity contribution in [2.75, 3.05) is 31.1 Å². The highest BCUT2D eigenvalue weighted by molar-refractivity contribution is 6.06. The van der Waals surface area contributed by atoms with Crippen molar-refractivity contribution in [3.05, 3.63) is 112 Å². The minimum Gasteiger partial charge on any atom is -0.508 e. The van der Waals surface area contributed by atoms with Gasteiger partial charge in [0.2, 0.25) is 11.8 Å². The van der Waals surface area contributed by atoms with Crippen molar-refractivity contribution in [2.24, 2.45) is 0 Å². The van der Waals surface area contributed by atoms with Crippen LogP contribution in [0.5, 0.6) is 17.5 Å². The van der Waals surface area contributed by atoms with E-state index in [0.29, 0.717) is 29.8 Å². The van der Waals surface area contributed by atoms with Gasteiger partial charge in [0.15, 0.2) is 5.82 Å². The van der Waals surface area contributed by atoms with E-state index in [1.165, 1.54) is 62.9 Å². The minimum absolute atomic E-state index is 0.0311. The Hall–Kier alpha value is -7.41. The van der Waals surface area contributed by atoms with Crippen LogP contribution >= 0.6 is 0 Å². The summed E-state index contributed by atoms with van der Waals surface area (Å²) in [7, 11) is 0. The molecule has 1 aromatic heterocycles. The molecule has 5 amide bonds. The van der Waals surface area contributed by atoms with Crippen LogP contribution in [0.1, 0.15) is 75.6 Å². The van der Waals surface area contributed by atoms with E-state index in [1.807, 2.05) is 18.7 Å². The summed E-state index contributed by atoms with van der Waals surface area (Å²) >= 11 is 0. The summed E-state index contributed by atoms with van der Waals surface area (Å²) in [5.41, 5.74) is 2.01. The molecule has 0 saturated carbocycles. The number of aromatic nitrogens is 3. The van der Waals surface area contributed by atoms with Gasteiger partial charge >= 0.3 is 12.1 Å². The molecule has 5 N–H and O–H groups in total. The maximum absolute atomic E-state index is 15.7. The van der Waals surface area contributed by atoms with Gasteiger partial charge in [-0.25, -0.2) is 18.1 Å². The van der Waals surface area contributed by atoms with Crippen LogP contribution in [0.15, 0.2) is 66.7 Å². The maximum Gasteiger partial charge on any atom is 0.412 e. The SMILES string of the molecule is CC(C)c1cc(-c2nnc(O)n2-c2ccc(CN3CCN(C(=O)c4ccc(CN(C(=O)O)c5cccc6c5CN(C5CCC(=O)NC5=O)C6=O)cc4F)CC3)c(F)c2)c(O)cc1O. The van der Waals surface area contributed by atoms with E-state index in [4.69, 9.17) is 0 Å². The van der Waals surface area contributed by atoms with E-state index in [0.717, 1.165) is 11.0 Å². The Bertz CT molecular complexity index is 2700. The third kappa shape index (κ3) is 8.09. The number of benzene rings is 4. The predicted molar refractivity (Wildman–Crippen MR) is 220 cm³/mol. The largest absolute Gasteiger partial charge is 0.508 e. The lowest BCUT2D eigenvalue weighted by molar-refractivity contribution is -0.136. The maximum atomic E-state index is 15.7. The molecule has 19 heteroatoms. The van der Waals surface area contributed by atoms with Crippen molar-refractivity contribution >= 4 is 35.4 Å². The first-order valence-electron chi connectivity index (χ1n) is 20.2. The summed E-state index contributed by atoms with van der Waals surface area (Å²) < 4.78 is 32.5. The number of phenols is 2. The zero-order chi connectivity index (χ0) is 44.9. The normalized spacial score (nSPS) is 16.7. The van der Waals surface area contributed by atoms with E-state index in [9.17, 15) is 44.4 Å². The number of nitrogens with one attached hydrogen (secondary N) is 1. The molecule has 3 aliphatic rings. The van der Waals surface area contributed by atoms with Crippen LogP contribution in [0, 0.1) is 11.6 Å². The van der Waals surface area contributed by atoms with Gasteiger partial charge in [-0.2, -0.15) is 0 Å². The molecule has 326 valence electrons. The number of aromatic hydroxyl groups is 3. The zero-order valence-corrected chi connectivity index (χ0v) is 34.1. The molecule has 0 aliphatic carbocycles. The number of carbonyl (C=O) groups excluding carboxylic acids is 4. The number of amides is 5. The van der Waals surface area contributed by atoms with E-state index in [1.54, 1.807) is 12.1 Å². The average Bonchev–Trinajstić information content (AvgIpc) is 3.79. The Morgan fingerprint density at radius 1 is 0.889 bits per heavy atom. The number of rotatable bonds is 10. The molecule has 1 atom stereocenters. The number of halogens is 2. The molecule has 5 aromatic rings. The van der Waals surface area contributed by atoms with Crippen molar-refractivity contribution in [3.8, 4) is 34.6 Å². The van der Waals surface area contributed by atoms with Crippen LogP contribution in [0.4, 0.5) is 19.3 Å². The van der Waals surface area contributed by atoms with Crippen LogP contribution in [0.2, 0.25) is 0 Å². The van der Waals surface area contributed by atoms with Gasteiger partial charge in [0.1, 0.15) is 29.2 Å². The summed E-state index contributed by atoms with van der Waals surface area (Å²) in [6.07, 6.45) is -1.18. The van der Waals surface area contributed by atoms with Crippen molar-refractivity contribution in [1.82, 2.24) is 34.8 Å². The molecule has 2 fully saturated rings. The van der Waals surface area contributed by atoms with Gasteiger partial charge in [0.25, 0.3) is 11.8 Å². The molecule has 0 spiro atoms. The fourth-order valence-electron chi connectivity index (χ4n) is 8.34. The molecule has 3 aliphatic heterocycles. The summed E-state index contributed by atoms with van der Waals surface area (Å²) in [6, 6.07) is 14.0. The molecule has 8 rings (SSSR count). The lowest BCUT2D eigenvalue weighted by atomic mass is 9.98. The molecule has 17 nitrogen and oxygen atoms in total. The monoisotopic (exact) mass is 864 g/mol. The Morgan fingerprint density at radius 2 is 1.65 bits per heavy atom. The number of fused-ring (bicyclic) bond motifs is 1. The number of carbonyl (C=O) groups is 5. The summed E-state index contributed by atoms with van der Waals surface area (Å²) in [5, 5.41) is 51.7. The predicted octanol–water partition coefficient (Wildman–Crippen LogP) is 4.86. The number of piperidine rings is 1. The average molecular weight is 865 g/mol. The second-order valence-electron chi connectivity index (χ2n) is 16.0. The van der Waals surface area contributed by atoms with Gasteiger partial charge in [0, 0.05) is 68.4 Å². The minimum atomic E-state index is -1.37. The van der Waals surface area contributed by atoms with Crippen molar-refractivity contribution in [2.45, 2.75) is 58.3 Å². The van der Waals surface area contributed by atoms with Gasteiger partial charge in [-0.15, -0.1) is 5.10 Å². The third-order valence-corrected chi connectivity index (χ3v) is 11.7. The molecule has 1 unspecified atom stereocenters. The van der Waals surface area contributed by atoms with Crippen molar-refractivity contribution < 1.29 is 53.2 Å². The molecular weight excluding hydrogens is 823 g/mol. The number of phenolic OH excluding ortho intramolecular Hbond substituents is 2. The van der Waals surface area contributed by atoms with Gasteiger partial charge in [-0.3, -0.25) is 34.3 Å². The number of nitrogens with zero attached hydrogens (tertiary/aromatic N) is 7. The Morgan fingerprint density at radius 3 is 2.33 bits per heavy atom. The lowest BCUT2D eigenvalue weighted by Gasteiger charge is -2.35. The topological polar surface area (TPSA) is 222 Å². The van der Waals surface area contributed by atoms with Gasteiger partial charge in [-0.05, 0) is 65.9 Å². The third-order valence-electron chi connectivity index (χ3n) is 11.7. The fourth-order valence-corrected chi connectivity index (χ4v) is 8.34. The van der Waals surface area contributed by atoms with Gasteiger partial charge in [0.05, 0.1) is 29.0 Å². The molecule has 4 heterocycles. The molecular formula is C44H42F2N8O9. The first-order chi connectivity index (χ1) is 30.1. The van der Waals surface area contributed by atoms with Gasteiger partial charge < -0.3 is 30.2 Å². The number of hydrogen-bond donors (Lipinski definition) is 5. The highest BCUT2D eigenvalue weighted by Crippen LogP contribution is 2.39. The number of carboxylic acid groups (broad SMARTS) is 1. The highest BCUT2D eigenvalue weighted by atomic mass is 19.1. The number of hydrogen-bond acceptors (Lipinski definition) is 11. The van der Waals surface area contributed by atoms with Gasteiger partial charge in [-0.1, -0.05) is 37.1 Å². The standard InChI is InChI=1S/C44H42F2N8O9/c1-23(2)29-18-30(37(56)19-36(29)55)39-48-49-43(61)54(39)26-8-7-25(32(45)17-26)21-50-12-14-51(15-13-50)41(59)28-9-6-24(16-33(28)46)20-53(44(62)63)34-5-3-4-27-31(34)22-52(42(27)60)35-10-11-38(57)47-40(35)58/h3-9,16-19,23,35,55-56H,10-15,20-22H2,1-2H3,(H,49,61)(H,62,63)(H,47,57,58). The highest BCUT2D eigenvalue weighted by Gasteiger charge is 2.41. The Labute approximate surface area is 358 Å². The first-order valence-corrected chi connectivity index (χ1v) is 20.2. The summed E-state index contributed by atoms with van der Waals surface area (Å²) in [5.74, 6) is -4.01. The van der Waals surface area contributed by atoms with Crippen LogP contribution in [0.3, 0.4) is 0 Å². The molecule has 4 aromatic carbocycles. The second kappa shape index (κ2) is 16.8. The van der Waals surface area contributed by atoms with E-state index in [-0.39, 0.29) is 102 Å². The zero-order valence-electron chi connectivity index (χ0n) is 34.1. The Balaban J connectivity index is 0.906. The van der Waals surface area contributed by atoms with Crippen molar-refractivity contribution in [1.29, 1.82) is 0 Å². The van der Waals surface area contributed by atoms with Crippen LogP contribution in [-0.4, -0.2) is 112 Å². The fraction of sp³-hybridized carbons (Fsp3) is 0.295. The second-order valence-corrected chi connectivity index (χ2v) is 16.0.